The first-order chi connectivity index (χ1) is 9.52. The molecule has 1 saturated carbocycles. The van der Waals surface area contributed by atoms with Crippen LogP contribution in [0.2, 0.25) is 0 Å². The van der Waals surface area contributed by atoms with Crippen LogP contribution in [0.1, 0.15) is 111 Å². The summed E-state index contributed by atoms with van der Waals surface area (Å²) in [6.45, 7) is 6.77. The SMILES string of the molecule is CCCCCCCCCCCCC1(O)CCCC1(C)C. The van der Waals surface area contributed by atoms with Crippen molar-refractivity contribution in [3.05, 3.63) is 0 Å². The van der Waals surface area contributed by atoms with E-state index >= 15 is 0 Å². The zero-order valence-electron chi connectivity index (χ0n) is 14.3. The molecule has 0 aromatic carbocycles. The minimum absolute atomic E-state index is 0.145. The van der Waals surface area contributed by atoms with Gasteiger partial charge in [-0.1, -0.05) is 85.0 Å². The third-order valence-electron chi connectivity index (χ3n) is 5.60. The van der Waals surface area contributed by atoms with E-state index in [-0.39, 0.29) is 11.0 Å². The lowest BCUT2D eigenvalue weighted by Gasteiger charge is -2.37. The summed E-state index contributed by atoms with van der Waals surface area (Å²) in [6.07, 6.45) is 18.2. The van der Waals surface area contributed by atoms with Crippen molar-refractivity contribution in [3.8, 4) is 0 Å². The third kappa shape index (κ3) is 5.76. The molecule has 1 nitrogen and oxygen atoms in total. The zero-order valence-corrected chi connectivity index (χ0v) is 14.3. The molecule has 1 N–H and O–H groups in total. The Hall–Kier alpha value is -0.0400. The van der Waals surface area contributed by atoms with Crippen molar-refractivity contribution in [1.29, 1.82) is 0 Å². The summed E-state index contributed by atoms with van der Waals surface area (Å²) in [5.41, 5.74) is -0.223. The minimum Gasteiger partial charge on any atom is -0.389 e. The molecule has 20 heavy (non-hydrogen) atoms. The van der Waals surface area contributed by atoms with Gasteiger partial charge in [-0.2, -0.15) is 0 Å². The van der Waals surface area contributed by atoms with Crippen LogP contribution in [-0.4, -0.2) is 10.7 Å². The highest BCUT2D eigenvalue weighted by molar-refractivity contribution is 4.98. The summed E-state index contributed by atoms with van der Waals surface area (Å²) in [5.74, 6) is 0. The Morgan fingerprint density at radius 1 is 0.750 bits per heavy atom. The van der Waals surface area contributed by atoms with Gasteiger partial charge in [0, 0.05) is 0 Å². The molecule has 1 aliphatic carbocycles. The highest BCUT2D eigenvalue weighted by Crippen LogP contribution is 2.48. The zero-order chi connectivity index (χ0) is 14.9. The van der Waals surface area contributed by atoms with Crippen LogP contribution in [0.3, 0.4) is 0 Å². The molecule has 0 heterocycles. The number of hydrogen-bond donors (Lipinski definition) is 1. The molecule has 120 valence electrons. The first-order valence-corrected chi connectivity index (χ1v) is 9.24. The highest BCUT2D eigenvalue weighted by atomic mass is 16.3. The van der Waals surface area contributed by atoms with E-state index < -0.39 is 0 Å². The van der Waals surface area contributed by atoms with Gasteiger partial charge in [-0.3, -0.25) is 0 Å². The number of unbranched alkanes of at least 4 members (excludes halogenated alkanes) is 9. The molecule has 0 spiro atoms. The minimum atomic E-state index is -0.368. The predicted molar refractivity (Wildman–Crippen MR) is 89.0 cm³/mol. The normalized spacial score (nSPS) is 25.2. The Balaban J connectivity index is 1.95. The fourth-order valence-corrected chi connectivity index (χ4v) is 3.76. The average molecular weight is 283 g/mol. The maximum absolute atomic E-state index is 10.7. The first-order valence-electron chi connectivity index (χ1n) is 9.24. The molecular formula is C19H38O. The lowest BCUT2D eigenvalue weighted by Crippen LogP contribution is -2.39. The van der Waals surface area contributed by atoms with Gasteiger partial charge in [0.1, 0.15) is 0 Å². The van der Waals surface area contributed by atoms with Crippen LogP contribution in [-0.2, 0) is 0 Å². The van der Waals surface area contributed by atoms with E-state index in [0.29, 0.717) is 0 Å². The van der Waals surface area contributed by atoms with Crippen molar-refractivity contribution >= 4 is 0 Å². The number of hydrogen-bond acceptors (Lipinski definition) is 1. The lowest BCUT2D eigenvalue weighted by molar-refractivity contribution is -0.0511. The molecular weight excluding hydrogens is 244 g/mol. The maximum atomic E-state index is 10.7. The monoisotopic (exact) mass is 282 g/mol. The molecule has 0 bridgehead atoms. The van der Waals surface area contributed by atoms with E-state index in [1.54, 1.807) is 0 Å². The van der Waals surface area contributed by atoms with Gasteiger partial charge < -0.3 is 5.11 Å². The molecule has 1 unspecified atom stereocenters. The maximum Gasteiger partial charge on any atom is 0.0698 e. The van der Waals surface area contributed by atoms with E-state index in [2.05, 4.69) is 20.8 Å². The molecule has 1 heteroatoms. The Morgan fingerprint density at radius 3 is 1.70 bits per heavy atom. The molecule has 0 amide bonds. The highest BCUT2D eigenvalue weighted by Gasteiger charge is 2.46. The van der Waals surface area contributed by atoms with E-state index in [1.165, 1.54) is 77.0 Å². The van der Waals surface area contributed by atoms with Crippen molar-refractivity contribution in [2.45, 2.75) is 116 Å². The van der Waals surface area contributed by atoms with Gasteiger partial charge >= 0.3 is 0 Å². The van der Waals surface area contributed by atoms with Crippen LogP contribution in [0.5, 0.6) is 0 Å². The molecule has 1 atom stereocenters. The number of rotatable bonds is 11. The fraction of sp³-hybridized carbons (Fsp3) is 1.00. The Morgan fingerprint density at radius 2 is 1.25 bits per heavy atom. The van der Waals surface area contributed by atoms with Gasteiger partial charge in [-0.25, -0.2) is 0 Å². The van der Waals surface area contributed by atoms with Crippen molar-refractivity contribution < 1.29 is 5.11 Å². The van der Waals surface area contributed by atoms with Gasteiger partial charge in [0.05, 0.1) is 5.60 Å². The van der Waals surface area contributed by atoms with Crippen LogP contribution in [0.25, 0.3) is 0 Å². The van der Waals surface area contributed by atoms with Crippen molar-refractivity contribution in [2.24, 2.45) is 5.41 Å². The fourth-order valence-electron chi connectivity index (χ4n) is 3.76. The third-order valence-corrected chi connectivity index (χ3v) is 5.60. The molecule has 0 aliphatic heterocycles. The molecule has 1 fully saturated rings. The van der Waals surface area contributed by atoms with Crippen LogP contribution in [0.4, 0.5) is 0 Å². The standard InChI is InChI=1S/C19H38O/c1-4-5-6-7-8-9-10-11-12-13-16-19(20)17-14-15-18(19,2)3/h20H,4-17H2,1-3H3. The quantitative estimate of drug-likeness (QED) is 0.445. The topological polar surface area (TPSA) is 20.2 Å². The van der Waals surface area contributed by atoms with Gasteiger partial charge in [-0.05, 0) is 31.1 Å². The van der Waals surface area contributed by atoms with Gasteiger partial charge in [0.2, 0.25) is 0 Å². The van der Waals surface area contributed by atoms with Crippen molar-refractivity contribution in [1.82, 2.24) is 0 Å². The van der Waals surface area contributed by atoms with E-state index in [4.69, 9.17) is 0 Å². The molecule has 1 rings (SSSR count). The summed E-state index contributed by atoms with van der Waals surface area (Å²) >= 11 is 0. The summed E-state index contributed by atoms with van der Waals surface area (Å²) in [7, 11) is 0. The van der Waals surface area contributed by atoms with E-state index in [9.17, 15) is 5.11 Å². The predicted octanol–water partition coefficient (Wildman–Crippen LogP) is 6.24. The van der Waals surface area contributed by atoms with Crippen LogP contribution < -0.4 is 0 Å². The molecule has 1 aliphatic rings. The van der Waals surface area contributed by atoms with Gasteiger partial charge in [0.25, 0.3) is 0 Å². The molecule has 0 saturated heterocycles. The van der Waals surface area contributed by atoms with Crippen molar-refractivity contribution in [3.63, 3.8) is 0 Å². The Labute approximate surface area is 127 Å². The summed E-state index contributed by atoms with van der Waals surface area (Å²) in [5, 5.41) is 10.7. The summed E-state index contributed by atoms with van der Waals surface area (Å²) < 4.78 is 0. The Kier molecular flexibility index (Phi) is 8.17. The second kappa shape index (κ2) is 9.07. The second-order valence-corrected chi connectivity index (χ2v) is 7.70. The van der Waals surface area contributed by atoms with Crippen LogP contribution in [0, 0.1) is 5.41 Å². The lowest BCUT2D eigenvalue weighted by atomic mass is 9.75. The average Bonchev–Trinajstić information content (AvgIpc) is 2.66. The smallest absolute Gasteiger partial charge is 0.0698 e. The number of aliphatic hydroxyl groups is 1. The van der Waals surface area contributed by atoms with Gasteiger partial charge in [0.15, 0.2) is 0 Å². The first kappa shape index (κ1) is 18.0. The van der Waals surface area contributed by atoms with Crippen LogP contribution >= 0.6 is 0 Å². The van der Waals surface area contributed by atoms with Crippen LogP contribution in [0.15, 0.2) is 0 Å². The van der Waals surface area contributed by atoms with E-state index in [0.717, 1.165) is 12.8 Å². The summed E-state index contributed by atoms with van der Waals surface area (Å²) in [6, 6.07) is 0. The Bertz CT molecular complexity index is 246. The molecule has 0 aromatic rings. The van der Waals surface area contributed by atoms with Gasteiger partial charge in [-0.15, -0.1) is 0 Å². The second-order valence-electron chi connectivity index (χ2n) is 7.70. The van der Waals surface area contributed by atoms with Crippen molar-refractivity contribution in [2.75, 3.05) is 0 Å². The largest absolute Gasteiger partial charge is 0.389 e. The molecule has 0 radical (unpaired) electrons. The summed E-state index contributed by atoms with van der Waals surface area (Å²) in [4.78, 5) is 0. The van der Waals surface area contributed by atoms with E-state index in [1.807, 2.05) is 0 Å². The molecule has 0 aromatic heterocycles.